The van der Waals surface area contributed by atoms with Crippen LogP contribution >= 0.6 is 11.3 Å². The zero-order chi connectivity index (χ0) is 18.3. The van der Waals surface area contributed by atoms with E-state index in [1.807, 2.05) is 36.1 Å². The molecule has 26 heavy (non-hydrogen) atoms. The summed E-state index contributed by atoms with van der Waals surface area (Å²) in [4.78, 5) is 21.9. The smallest absolute Gasteiger partial charge is 0.254 e. The quantitative estimate of drug-likeness (QED) is 0.683. The molecule has 1 saturated heterocycles. The lowest BCUT2D eigenvalue weighted by Gasteiger charge is -2.34. The lowest BCUT2D eigenvalue weighted by Crippen LogP contribution is -2.48. The van der Waals surface area contributed by atoms with E-state index in [1.165, 1.54) is 15.8 Å². The summed E-state index contributed by atoms with van der Waals surface area (Å²) in [6.45, 7) is 9.39. The zero-order valence-electron chi connectivity index (χ0n) is 15.5. The molecule has 0 atom stereocenters. The molecule has 0 unspecified atom stereocenters. The maximum absolute atomic E-state index is 12.8. The second-order valence-corrected chi connectivity index (χ2v) is 8.00. The molecule has 0 aliphatic carbocycles. The predicted octanol–water partition coefficient (Wildman–Crippen LogP) is 4.18. The Bertz CT molecular complexity index is 971. The van der Waals surface area contributed by atoms with Crippen molar-refractivity contribution in [2.45, 2.75) is 20.8 Å². The Labute approximate surface area is 158 Å². The van der Waals surface area contributed by atoms with Crippen LogP contribution in [0, 0.1) is 20.8 Å². The van der Waals surface area contributed by atoms with Gasteiger partial charge in [0, 0.05) is 31.7 Å². The van der Waals surface area contributed by atoms with Crippen LogP contribution in [0.3, 0.4) is 0 Å². The second kappa shape index (κ2) is 6.72. The molecule has 0 spiro atoms. The molecule has 2 aromatic carbocycles. The van der Waals surface area contributed by atoms with Crippen LogP contribution in [-0.2, 0) is 0 Å². The van der Waals surface area contributed by atoms with Gasteiger partial charge in [0.05, 0.1) is 10.2 Å². The molecule has 4 nitrogen and oxygen atoms in total. The summed E-state index contributed by atoms with van der Waals surface area (Å²) >= 11 is 1.76. The van der Waals surface area contributed by atoms with Gasteiger partial charge in [-0.2, -0.15) is 0 Å². The number of rotatable bonds is 2. The number of carbonyl (C=O) groups is 1. The first-order chi connectivity index (χ1) is 12.5. The maximum atomic E-state index is 12.8. The molecule has 0 bridgehead atoms. The van der Waals surface area contributed by atoms with Crippen LogP contribution in [0.2, 0.25) is 0 Å². The Kier molecular flexibility index (Phi) is 4.41. The number of carbonyl (C=O) groups excluding carboxylic acids is 1. The lowest BCUT2D eigenvalue weighted by atomic mass is 10.1. The highest BCUT2D eigenvalue weighted by Gasteiger charge is 2.24. The van der Waals surface area contributed by atoms with Gasteiger partial charge in [-0.05, 0) is 49.6 Å². The maximum Gasteiger partial charge on any atom is 0.254 e. The van der Waals surface area contributed by atoms with Crippen molar-refractivity contribution in [3.63, 3.8) is 0 Å². The van der Waals surface area contributed by atoms with E-state index in [4.69, 9.17) is 4.98 Å². The number of aryl methyl sites for hydroxylation is 3. The fourth-order valence-electron chi connectivity index (χ4n) is 3.58. The Morgan fingerprint density at radius 2 is 1.73 bits per heavy atom. The van der Waals surface area contributed by atoms with E-state index < -0.39 is 0 Å². The van der Waals surface area contributed by atoms with Gasteiger partial charge < -0.3 is 9.80 Å². The molecule has 0 radical (unpaired) electrons. The summed E-state index contributed by atoms with van der Waals surface area (Å²) in [6.07, 6.45) is 0. The molecule has 134 valence electrons. The molecule has 1 aromatic heterocycles. The molecule has 1 aliphatic rings. The Morgan fingerprint density at radius 3 is 2.46 bits per heavy atom. The number of hydrogen-bond acceptors (Lipinski definition) is 4. The van der Waals surface area contributed by atoms with Gasteiger partial charge in [0.25, 0.3) is 5.91 Å². The summed E-state index contributed by atoms with van der Waals surface area (Å²) in [7, 11) is 0. The third kappa shape index (κ3) is 3.07. The van der Waals surface area contributed by atoms with Crippen molar-refractivity contribution in [2.24, 2.45) is 0 Å². The van der Waals surface area contributed by atoms with E-state index in [9.17, 15) is 4.79 Å². The normalized spacial score (nSPS) is 14.9. The number of hydrogen-bond donors (Lipinski definition) is 0. The average molecular weight is 366 g/mol. The molecule has 5 heteroatoms. The van der Waals surface area contributed by atoms with Crippen LogP contribution in [0.15, 0.2) is 36.4 Å². The highest BCUT2D eigenvalue weighted by Crippen LogP contribution is 2.32. The fraction of sp³-hybridized carbons (Fsp3) is 0.333. The van der Waals surface area contributed by atoms with Crippen LogP contribution in [0.4, 0.5) is 5.13 Å². The molecular weight excluding hydrogens is 342 g/mol. The van der Waals surface area contributed by atoms with Gasteiger partial charge in [-0.15, -0.1) is 0 Å². The van der Waals surface area contributed by atoms with Crippen LogP contribution in [0.5, 0.6) is 0 Å². The van der Waals surface area contributed by atoms with Crippen molar-refractivity contribution < 1.29 is 4.79 Å². The first kappa shape index (κ1) is 17.0. The molecule has 1 aliphatic heterocycles. The van der Waals surface area contributed by atoms with Crippen molar-refractivity contribution in [3.05, 3.63) is 58.7 Å². The van der Waals surface area contributed by atoms with Crippen molar-refractivity contribution in [1.29, 1.82) is 0 Å². The average Bonchev–Trinajstić information content (AvgIpc) is 3.06. The minimum atomic E-state index is 0.138. The zero-order valence-corrected chi connectivity index (χ0v) is 16.3. The van der Waals surface area contributed by atoms with Gasteiger partial charge in [-0.3, -0.25) is 4.79 Å². The number of aromatic nitrogens is 1. The van der Waals surface area contributed by atoms with Crippen molar-refractivity contribution in [3.8, 4) is 0 Å². The van der Waals surface area contributed by atoms with E-state index in [-0.39, 0.29) is 5.91 Å². The number of benzene rings is 2. The largest absolute Gasteiger partial charge is 0.345 e. The minimum absolute atomic E-state index is 0.138. The Hall–Kier alpha value is -2.40. The van der Waals surface area contributed by atoms with Gasteiger partial charge in [-0.1, -0.05) is 35.6 Å². The Balaban J connectivity index is 1.49. The summed E-state index contributed by atoms with van der Waals surface area (Å²) in [5.41, 5.74) is 5.47. The van der Waals surface area contributed by atoms with E-state index in [1.54, 1.807) is 11.3 Å². The van der Waals surface area contributed by atoms with E-state index in [2.05, 4.69) is 30.9 Å². The predicted molar refractivity (Wildman–Crippen MR) is 108 cm³/mol. The summed E-state index contributed by atoms with van der Waals surface area (Å²) in [6, 6.07) is 12.2. The van der Waals surface area contributed by atoms with Crippen molar-refractivity contribution in [1.82, 2.24) is 9.88 Å². The number of thiazole rings is 1. The molecule has 0 N–H and O–H groups in total. The summed E-state index contributed by atoms with van der Waals surface area (Å²) in [5, 5.41) is 1.07. The molecule has 1 amide bonds. The molecule has 0 saturated carbocycles. The molecule has 1 fully saturated rings. The molecule has 3 aromatic rings. The number of piperazine rings is 1. The second-order valence-electron chi connectivity index (χ2n) is 7.02. The third-order valence-electron chi connectivity index (χ3n) is 5.02. The first-order valence-electron chi connectivity index (χ1n) is 9.00. The molecular formula is C21H23N3OS. The molecule has 4 rings (SSSR count). The monoisotopic (exact) mass is 365 g/mol. The first-order valence-corrected chi connectivity index (χ1v) is 9.82. The number of amides is 1. The molecule has 2 heterocycles. The van der Waals surface area contributed by atoms with Crippen LogP contribution < -0.4 is 4.90 Å². The highest BCUT2D eigenvalue weighted by molar-refractivity contribution is 7.22. The SMILES string of the molecule is Cc1cc(C)c2sc(N3CCN(C(=O)c4ccccc4C)CC3)nc2c1. The standard InChI is InChI=1S/C21H23N3OS/c1-14-12-16(3)19-18(13-14)22-21(26-19)24-10-8-23(9-11-24)20(25)17-7-5-4-6-15(17)2/h4-7,12-13H,8-11H2,1-3H3. The van der Waals surface area contributed by atoms with Gasteiger partial charge in [-0.25, -0.2) is 4.98 Å². The third-order valence-corrected chi connectivity index (χ3v) is 6.29. The summed E-state index contributed by atoms with van der Waals surface area (Å²) in [5.74, 6) is 0.138. The lowest BCUT2D eigenvalue weighted by molar-refractivity contribution is 0.0746. The van der Waals surface area contributed by atoms with Crippen molar-refractivity contribution >= 4 is 32.6 Å². The number of anilines is 1. The number of fused-ring (bicyclic) bond motifs is 1. The van der Waals surface area contributed by atoms with Gasteiger partial charge in [0.15, 0.2) is 5.13 Å². The Morgan fingerprint density at radius 1 is 1.00 bits per heavy atom. The van der Waals surface area contributed by atoms with Gasteiger partial charge in [0.2, 0.25) is 0 Å². The van der Waals surface area contributed by atoms with Crippen LogP contribution in [0.1, 0.15) is 27.0 Å². The fourth-order valence-corrected chi connectivity index (χ4v) is 4.65. The van der Waals surface area contributed by atoms with E-state index in [0.29, 0.717) is 0 Å². The topological polar surface area (TPSA) is 36.4 Å². The van der Waals surface area contributed by atoms with Crippen molar-refractivity contribution in [2.75, 3.05) is 31.1 Å². The highest BCUT2D eigenvalue weighted by atomic mass is 32.1. The van der Waals surface area contributed by atoms with Gasteiger partial charge in [0.1, 0.15) is 0 Å². The van der Waals surface area contributed by atoms with Crippen LogP contribution in [-0.4, -0.2) is 42.0 Å². The number of nitrogens with zero attached hydrogens (tertiary/aromatic N) is 3. The summed E-state index contributed by atoms with van der Waals surface area (Å²) < 4.78 is 1.27. The van der Waals surface area contributed by atoms with E-state index in [0.717, 1.165) is 48.0 Å². The van der Waals surface area contributed by atoms with Gasteiger partial charge >= 0.3 is 0 Å². The van der Waals surface area contributed by atoms with Crippen LogP contribution in [0.25, 0.3) is 10.2 Å². The van der Waals surface area contributed by atoms with E-state index >= 15 is 0 Å². The minimum Gasteiger partial charge on any atom is -0.345 e.